The zero-order chi connectivity index (χ0) is 24.2. The number of aromatic amines is 1. The Morgan fingerprint density at radius 2 is 1.63 bits per heavy atom. The number of phenols is 1. The minimum absolute atomic E-state index is 0.0728. The molecule has 0 unspecified atom stereocenters. The van der Waals surface area contributed by atoms with E-state index in [2.05, 4.69) is 25.1 Å². The Bertz CT molecular complexity index is 1280. The summed E-state index contributed by atoms with van der Waals surface area (Å²) >= 11 is 0. The van der Waals surface area contributed by atoms with E-state index < -0.39 is 5.97 Å². The van der Waals surface area contributed by atoms with Crippen LogP contribution in [0.2, 0.25) is 0 Å². The first kappa shape index (κ1) is 22.5. The van der Waals surface area contributed by atoms with Gasteiger partial charge in [-0.2, -0.15) is 5.10 Å². The second-order valence-electron chi connectivity index (χ2n) is 8.73. The van der Waals surface area contributed by atoms with Crippen LogP contribution in [0.3, 0.4) is 0 Å². The molecule has 4 aromatic rings. The van der Waals surface area contributed by atoms with Crippen LogP contribution in [0.1, 0.15) is 32.1 Å². The normalized spacial score (nSPS) is 17.7. The number of carbonyl (C=O) groups is 1. The van der Waals surface area contributed by atoms with Gasteiger partial charge in [0.15, 0.2) is 11.6 Å². The lowest BCUT2D eigenvalue weighted by Crippen LogP contribution is -2.25. The smallest absolute Gasteiger partial charge is 0.303 e. The van der Waals surface area contributed by atoms with Crippen LogP contribution in [0.4, 0.5) is 0 Å². The highest BCUT2D eigenvalue weighted by molar-refractivity contribution is 5.67. The highest BCUT2D eigenvalue weighted by Gasteiger charge is 2.24. The molecule has 0 bridgehead atoms. The lowest BCUT2D eigenvalue weighted by Gasteiger charge is -2.27. The topological polar surface area (TPSA) is 134 Å². The van der Waals surface area contributed by atoms with Crippen molar-refractivity contribution in [3.05, 3.63) is 60.9 Å². The molecule has 0 radical (unpaired) electrons. The van der Waals surface area contributed by atoms with Crippen LogP contribution in [0, 0.1) is 5.92 Å². The predicted octanol–water partition coefficient (Wildman–Crippen LogP) is 4.71. The van der Waals surface area contributed by atoms with Gasteiger partial charge in [0, 0.05) is 41.6 Å². The van der Waals surface area contributed by atoms with E-state index in [4.69, 9.17) is 9.84 Å². The summed E-state index contributed by atoms with van der Waals surface area (Å²) in [6.45, 7) is 0. The van der Waals surface area contributed by atoms with Gasteiger partial charge in [0.2, 0.25) is 5.88 Å². The van der Waals surface area contributed by atoms with Gasteiger partial charge < -0.3 is 14.9 Å². The largest absolute Gasteiger partial charge is 0.508 e. The van der Waals surface area contributed by atoms with Crippen molar-refractivity contribution in [3.8, 4) is 45.7 Å². The van der Waals surface area contributed by atoms with Crippen molar-refractivity contribution in [2.45, 2.75) is 38.2 Å². The van der Waals surface area contributed by atoms with Crippen molar-refractivity contribution < 1.29 is 19.7 Å². The van der Waals surface area contributed by atoms with Crippen LogP contribution in [-0.2, 0) is 4.79 Å². The number of phenolic OH excluding ortho intramolecular Hbond substituents is 1. The van der Waals surface area contributed by atoms with Gasteiger partial charge in [-0.05, 0) is 74.1 Å². The number of ether oxygens (including phenoxy) is 1. The molecule has 1 aliphatic rings. The number of nitrogens with zero attached hydrogens (tertiary/aromatic N) is 4. The van der Waals surface area contributed by atoms with Gasteiger partial charge in [-0.1, -0.05) is 0 Å². The standard InChI is InChI=1S/C26H25N5O4/c32-20-7-3-17(4-8-20)25-29-26(31-30-25)19-5-11-22(27-15-19)18-6-12-23(28-14-18)35-21-9-1-16(2-10-21)13-24(33)34/h3-8,11-12,14-16,21,32H,1-2,9-10,13H2,(H,33,34)(H,29,30,31). The van der Waals surface area contributed by atoms with Gasteiger partial charge in [-0.25, -0.2) is 9.97 Å². The number of rotatable bonds is 7. The molecule has 0 spiro atoms. The Labute approximate surface area is 201 Å². The number of nitrogens with one attached hydrogen (secondary N) is 1. The van der Waals surface area contributed by atoms with Gasteiger partial charge in [-0.3, -0.25) is 14.9 Å². The fourth-order valence-electron chi connectivity index (χ4n) is 4.31. The van der Waals surface area contributed by atoms with Gasteiger partial charge in [-0.15, -0.1) is 0 Å². The average Bonchev–Trinajstić information content (AvgIpc) is 3.36. The summed E-state index contributed by atoms with van der Waals surface area (Å²) in [7, 11) is 0. The second kappa shape index (κ2) is 9.92. The number of aliphatic carboxylic acids is 1. The van der Waals surface area contributed by atoms with Gasteiger partial charge in [0.05, 0.1) is 5.69 Å². The molecule has 9 heteroatoms. The summed E-state index contributed by atoms with van der Waals surface area (Å²) in [5.41, 5.74) is 3.25. The molecule has 3 heterocycles. The number of hydrogen-bond acceptors (Lipinski definition) is 7. The first-order valence-corrected chi connectivity index (χ1v) is 11.6. The lowest BCUT2D eigenvalue weighted by molar-refractivity contribution is -0.138. The zero-order valence-corrected chi connectivity index (χ0v) is 19.0. The molecule has 5 rings (SSSR count). The summed E-state index contributed by atoms with van der Waals surface area (Å²) in [5.74, 6) is 1.42. The molecule has 0 amide bonds. The SMILES string of the molecule is O=C(O)CC1CCC(Oc2ccc(-c3ccc(-c4n[nH]c(-c5ccc(O)cc5)n4)cn3)cn2)CC1. The third-order valence-corrected chi connectivity index (χ3v) is 6.22. The van der Waals surface area contributed by atoms with Crippen molar-refractivity contribution in [1.29, 1.82) is 0 Å². The molecule has 178 valence electrons. The van der Waals surface area contributed by atoms with Crippen LogP contribution < -0.4 is 4.74 Å². The maximum absolute atomic E-state index is 10.9. The first-order chi connectivity index (χ1) is 17.0. The summed E-state index contributed by atoms with van der Waals surface area (Å²) in [5, 5.41) is 25.6. The fraction of sp³-hybridized carbons (Fsp3) is 0.269. The Hall–Kier alpha value is -4.27. The van der Waals surface area contributed by atoms with Crippen molar-refractivity contribution >= 4 is 5.97 Å². The lowest BCUT2D eigenvalue weighted by atomic mass is 9.85. The van der Waals surface area contributed by atoms with E-state index in [9.17, 15) is 9.90 Å². The van der Waals surface area contributed by atoms with Crippen LogP contribution in [0.5, 0.6) is 11.6 Å². The molecule has 1 saturated carbocycles. The molecule has 1 fully saturated rings. The van der Waals surface area contributed by atoms with E-state index in [1.807, 2.05) is 24.3 Å². The number of carboxylic acid groups (broad SMARTS) is 1. The van der Waals surface area contributed by atoms with E-state index in [1.54, 1.807) is 36.7 Å². The average molecular weight is 472 g/mol. The monoisotopic (exact) mass is 471 g/mol. The Kier molecular flexibility index (Phi) is 6.38. The molecule has 1 aromatic carbocycles. The summed E-state index contributed by atoms with van der Waals surface area (Å²) in [6, 6.07) is 14.3. The summed E-state index contributed by atoms with van der Waals surface area (Å²) in [6.07, 6.45) is 7.20. The molecule has 3 N–H and O–H groups in total. The molecule has 0 atom stereocenters. The van der Waals surface area contributed by atoms with Gasteiger partial charge >= 0.3 is 5.97 Å². The Morgan fingerprint density at radius 3 is 2.29 bits per heavy atom. The molecule has 3 aromatic heterocycles. The maximum Gasteiger partial charge on any atom is 0.303 e. The van der Waals surface area contributed by atoms with Gasteiger partial charge in [0.25, 0.3) is 0 Å². The van der Waals surface area contributed by atoms with Crippen LogP contribution in [0.15, 0.2) is 60.9 Å². The number of benzene rings is 1. The van der Waals surface area contributed by atoms with Crippen LogP contribution in [-0.4, -0.2) is 47.4 Å². The third-order valence-electron chi connectivity index (χ3n) is 6.22. The third kappa shape index (κ3) is 5.46. The van der Waals surface area contributed by atoms with Crippen molar-refractivity contribution in [2.75, 3.05) is 0 Å². The van der Waals surface area contributed by atoms with E-state index in [1.165, 1.54) is 0 Å². The van der Waals surface area contributed by atoms with E-state index >= 15 is 0 Å². The van der Waals surface area contributed by atoms with E-state index in [-0.39, 0.29) is 24.2 Å². The number of aromatic hydroxyl groups is 1. The molecule has 0 saturated heterocycles. The minimum atomic E-state index is -0.729. The maximum atomic E-state index is 10.9. The van der Waals surface area contributed by atoms with E-state index in [0.717, 1.165) is 48.1 Å². The van der Waals surface area contributed by atoms with Crippen LogP contribution in [0.25, 0.3) is 34.0 Å². The number of hydrogen-bond donors (Lipinski definition) is 3. The minimum Gasteiger partial charge on any atom is -0.508 e. The fourth-order valence-corrected chi connectivity index (χ4v) is 4.31. The molecule has 9 nitrogen and oxygen atoms in total. The van der Waals surface area contributed by atoms with Crippen LogP contribution >= 0.6 is 0 Å². The molecule has 35 heavy (non-hydrogen) atoms. The van der Waals surface area contributed by atoms with E-state index in [0.29, 0.717) is 17.5 Å². The highest BCUT2D eigenvalue weighted by Crippen LogP contribution is 2.30. The number of aromatic nitrogens is 5. The predicted molar refractivity (Wildman–Crippen MR) is 129 cm³/mol. The number of carboxylic acids is 1. The second-order valence-corrected chi connectivity index (χ2v) is 8.73. The van der Waals surface area contributed by atoms with Crippen molar-refractivity contribution in [3.63, 3.8) is 0 Å². The summed E-state index contributed by atoms with van der Waals surface area (Å²) in [4.78, 5) is 24.4. The molecule has 1 aliphatic carbocycles. The zero-order valence-electron chi connectivity index (χ0n) is 19.0. The van der Waals surface area contributed by atoms with Gasteiger partial charge in [0.1, 0.15) is 11.9 Å². The molecular weight excluding hydrogens is 446 g/mol. The Balaban J connectivity index is 1.20. The quantitative estimate of drug-likeness (QED) is 0.353. The molecular formula is C26H25N5O4. The number of pyridine rings is 2. The van der Waals surface area contributed by atoms with Crippen molar-refractivity contribution in [2.24, 2.45) is 5.92 Å². The number of H-pyrrole nitrogens is 1. The first-order valence-electron chi connectivity index (χ1n) is 11.6. The van der Waals surface area contributed by atoms with Crippen molar-refractivity contribution in [1.82, 2.24) is 25.1 Å². The highest BCUT2D eigenvalue weighted by atomic mass is 16.5. The Morgan fingerprint density at radius 1 is 0.914 bits per heavy atom. The molecule has 0 aliphatic heterocycles. The summed E-state index contributed by atoms with van der Waals surface area (Å²) < 4.78 is 6.01.